The Hall–Kier alpha value is -2.83. The van der Waals surface area contributed by atoms with Gasteiger partial charge < -0.3 is 15.7 Å². The summed E-state index contributed by atoms with van der Waals surface area (Å²) in [5.74, 6) is 0.457. The molecule has 5 rings (SSSR count). The van der Waals surface area contributed by atoms with E-state index in [1.165, 1.54) is 16.6 Å². The number of anilines is 3. The van der Waals surface area contributed by atoms with Crippen molar-refractivity contribution in [2.45, 2.75) is 64.1 Å². The molecule has 0 radical (unpaired) electrons. The third-order valence-electron chi connectivity index (χ3n) is 7.09. The van der Waals surface area contributed by atoms with Crippen molar-refractivity contribution in [3.8, 4) is 0 Å². The maximum Gasteiger partial charge on any atom is 0.224 e. The zero-order chi connectivity index (χ0) is 25.6. The second-order valence-corrected chi connectivity index (χ2v) is 12.0. The van der Waals surface area contributed by atoms with Crippen molar-refractivity contribution in [2.24, 2.45) is 0 Å². The molecule has 12 heteroatoms. The van der Waals surface area contributed by atoms with Crippen LogP contribution in [0.15, 0.2) is 18.3 Å². The Bertz CT molecular complexity index is 1360. The highest BCUT2D eigenvalue weighted by molar-refractivity contribution is 7.88. The fraction of sp³-hybridized carbons (Fsp3) is 0.542. The zero-order valence-corrected chi connectivity index (χ0v) is 21.5. The molecule has 36 heavy (non-hydrogen) atoms. The van der Waals surface area contributed by atoms with Crippen molar-refractivity contribution in [3.63, 3.8) is 0 Å². The number of hydrogen-bond acceptors (Lipinski definition) is 8. The van der Waals surface area contributed by atoms with Crippen molar-refractivity contribution in [3.05, 3.63) is 35.3 Å². The van der Waals surface area contributed by atoms with E-state index in [1.807, 2.05) is 24.5 Å². The van der Waals surface area contributed by atoms with E-state index >= 15 is 0 Å². The molecule has 2 aliphatic rings. The standard InChI is InChI=1S/C24H32FN7O3S/c1-14-10-15(2)21(19(25)11-14)29-24-28-20-12-26-23(27-16-4-6-18(33)7-5-16)30-22(20)32(24)17-8-9-31(13-17)36(3,34)35/h10-12,16-18,33H,4-9,13H2,1-3H3,(H,28,29)(H,26,27,30)/t16-,17-,18-/m1/s1. The van der Waals surface area contributed by atoms with E-state index < -0.39 is 10.0 Å². The lowest BCUT2D eigenvalue weighted by atomic mass is 9.93. The first-order valence-corrected chi connectivity index (χ1v) is 14.1. The van der Waals surface area contributed by atoms with Gasteiger partial charge in [0.15, 0.2) is 5.65 Å². The Morgan fingerprint density at radius 2 is 1.86 bits per heavy atom. The van der Waals surface area contributed by atoms with Gasteiger partial charge in [0.05, 0.1) is 30.3 Å². The van der Waals surface area contributed by atoms with Gasteiger partial charge in [-0.2, -0.15) is 4.98 Å². The zero-order valence-electron chi connectivity index (χ0n) is 20.7. The molecule has 0 bridgehead atoms. The van der Waals surface area contributed by atoms with E-state index in [2.05, 4.69) is 20.6 Å². The molecule has 1 atom stereocenters. The molecule has 0 spiro atoms. The summed E-state index contributed by atoms with van der Waals surface area (Å²) in [4.78, 5) is 13.9. The minimum Gasteiger partial charge on any atom is -0.393 e. The maximum atomic E-state index is 14.9. The van der Waals surface area contributed by atoms with Gasteiger partial charge in [0.2, 0.25) is 21.9 Å². The molecule has 3 aromatic rings. The highest BCUT2D eigenvalue weighted by Crippen LogP contribution is 2.34. The van der Waals surface area contributed by atoms with E-state index in [0.717, 1.165) is 36.8 Å². The molecule has 1 aliphatic heterocycles. The topological polar surface area (TPSA) is 125 Å². The fourth-order valence-corrected chi connectivity index (χ4v) is 6.09. The molecule has 3 N–H and O–H groups in total. The number of nitrogens with one attached hydrogen (secondary N) is 2. The van der Waals surface area contributed by atoms with E-state index in [0.29, 0.717) is 41.7 Å². The number of aryl methyl sites for hydroxylation is 2. The number of aromatic nitrogens is 4. The SMILES string of the molecule is Cc1cc(C)c(Nc2nc3cnc(N[C@H]4CC[C@H](O)CC4)nc3n2[C@@H]2CCN(S(C)(=O)=O)C2)c(F)c1. The monoisotopic (exact) mass is 517 g/mol. The lowest BCUT2D eigenvalue weighted by molar-refractivity contribution is 0.126. The maximum absolute atomic E-state index is 14.9. The Morgan fingerprint density at radius 3 is 2.53 bits per heavy atom. The number of halogens is 1. The number of rotatable bonds is 6. The first-order valence-electron chi connectivity index (χ1n) is 12.3. The summed E-state index contributed by atoms with van der Waals surface area (Å²) < 4.78 is 42.6. The Morgan fingerprint density at radius 1 is 1.11 bits per heavy atom. The van der Waals surface area contributed by atoms with Gasteiger partial charge >= 0.3 is 0 Å². The first kappa shape index (κ1) is 24.8. The number of aliphatic hydroxyl groups excluding tert-OH is 1. The largest absolute Gasteiger partial charge is 0.393 e. The molecule has 0 unspecified atom stereocenters. The Kier molecular flexibility index (Phi) is 6.60. The van der Waals surface area contributed by atoms with Gasteiger partial charge in [-0.3, -0.25) is 4.57 Å². The quantitative estimate of drug-likeness (QED) is 0.455. The molecular formula is C24H32FN7O3S. The molecule has 3 heterocycles. The molecule has 10 nitrogen and oxygen atoms in total. The van der Waals surface area contributed by atoms with E-state index in [9.17, 15) is 17.9 Å². The van der Waals surface area contributed by atoms with Crippen molar-refractivity contribution in [2.75, 3.05) is 30.0 Å². The minimum absolute atomic E-state index is 0.163. The smallest absolute Gasteiger partial charge is 0.224 e. The van der Waals surface area contributed by atoms with E-state index in [4.69, 9.17) is 4.98 Å². The molecule has 2 aromatic heterocycles. The molecule has 1 saturated carbocycles. The van der Waals surface area contributed by atoms with Gasteiger partial charge in [0.1, 0.15) is 11.3 Å². The number of benzene rings is 1. The van der Waals surface area contributed by atoms with Crippen LogP contribution in [-0.4, -0.2) is 68.8 Å². The number of imidazole rings is 1. The normalized spacial score (nSPS) is 23.3. The van der Waals surface area contributed by atoms with Gasteiger partial charge in [-0.15, -0.1) is 0 Å². The van der Waals surface area contributed by atoms with Gasteiger partial charge in [-0.25, -0.2) is 27.1 Å². The van der Waals surface area contributed by atoms with Crippen LogP contribution in [0.1, 0.15) is 49.3 Å². The predicted molar refractivity (Wildman–Crippen MR) is 136 cm³/mol. The molecule has 1 saturated heterocycles. The molecule has 194 valence electrons. The highest BCUT2D eigenvalue weighted by atomic mass is 32.2. The van der Waals surface area contributed by atoms with Crippen LogP contribution < -0.4 is 10.6 Å². The second-order valence-electron chi connectivity index (χ2n) is 9.98. The Balaban J connectivity index is 1.54. The van der Waals surface area contributed by atoms with Crippen LogP contribution in [0, 0.1) is 19.7 Å². The van der Waals surface area contributed by atoms with Crippen molar-refractivity contribution < 1.29 is 17.9 Å². The van der Waals surface area contributed by atoms with Gasteiger partial charge in [-0.05, 0) is 63.1 Å². The number of sulfonamides is 1. The van der Waals surface area contributed by atoms with Crippen molar-refractivity contribution >= 4 is 38.8 Å². The van der Waals surface area contributed by atoms with Gasteiger partial charge in [0, 0.05) is 19.1 Å². The van der Waals surface area contributed by atoms with Crippen LogP contribution in [0.5, 0.6) is 0 Å². The van der Waals surface area contributed by atoms with Crippen LogP contribution >= 0.6 is 0 Å². The summed E-state index contributed by atoms with van der Waals surface area (Å²) in [7, 11) is -3.35. The third-order valence-corrected chi connectivity index (χ3v) is 8.36. The van der Waals surface area contributed by atoms with Crippen LogP contribution in [0.3, 0.4) is 0 Å². The fourth-order valence-electron chi connectivity index (χ4n) is 5.21. The second kappa shape index (κ2) is 9.56. The van der Waals surface area contributed by atoms with Crippen molar-refractivity contribution in [1.82, 2.24) is 23.8 Å². The third kappa shape index (κ3) is 5.02. The molecule has 1 aliphatic carbocycles. The summed E-state index contributed by atoms with van der Waals surface area (Å²) in [5.41, 5.74) is 2.97. The lowest BCUT2D eigenvalue weighted by Crippen LogP contribution is -2.29. The number of fused-ring (bicyclic) bond motifs is 1. The number of hydrogen-bond donors (Lipinski definition) is 3. The first-order chi connectivity index (χ1) is 17.1. The van der Waals surface area contributed by atoms with E-state index in [1.54, 1.807) is 6.20 Å². The van der Waals surface area contributed by atoms with Crippen molar-refractivity contribution in [1.29, 1.82) is 0 Å². The Labute approximate surface area is 210 Å². The average molecular weight is 518 g/mol. The summed E-state index contributed by atoms with van der Waals surface area (Å²) in [6.07, 6.45) is 6.28. The molecule has 0 amide bonds. The molecular weight excluding hydrogens is 485 g/mol. The number of nitrogens with zero attached hydrogens (tertiary/aromatic N) is 5. The molecule has 2 fully saturated rings. The molecule has 1 aromatic carbocycles. The van der Waals surface area contributed by atoms with E-state index in [-0.39, 0.29) is 30.5 Å². The summed E-state index contributed by atoms with van der Waals surface area (Å²) >= 11 is 0. The summed E-state index contributed by atoms with van der Waals surface area (Å²) in [6.45, 7) is 4.34. The van der Waals surface area contributed by atoms with Crippen LogP contribution in [0.25, 0.3) is 11.2 Å². The van der Waals surface area contributed by atoms with Gasteiger partial charge in [0.25, 0.3) is 0 Å². The van der Waals surface area contributed by atoms with Crippen LogP contribution in [-0.2, 0) is 10.0 Å². The lowest BCUT2D eigenvalue weighted by Gasteiger charge is -2.26. The highest BCUT2D eigenvalue weighted by Gasteiger charge is 2.33. The van der Waals surface area contributed by atoms with Crippen LogP contribution in [0.2, 0.25) is 0 Å². The van der Waals surface area contributed by atoms with Gasteiger partial charge in [-0.1, -0.05) is 6.07 Å². The predicted octanol–water partition coefficient (Wildman–Crippen LogP) is 3.25. The average Bonchev–Trinajstić information content (AvgIpc) is 3.42. The minimum atomic E-state index is -3.35. The summed E-state index contributed by atoms with van der Waals surface area (Å²) in [6, 6.07) is 3.29. The van der Waals surface area contributed by atoms with Crippen LogP contribution in [0.4, 0.5) is 22.0 Å². The number of aliphatic hydroxyl groups is 1. The summed E-state index contributed by atoms with van der Waals surface area (Å²) in [5, 5.41) is 16.3.